The van der Waals surface area contributed by atoms with E-state index in [1.54, 1.807) is 0 Å². The Morgan fingerprint density at radius 2 is 1.97 bits per heavy atom. The van der Waals surface area contributed by atoms with Crippen LogP contribution in [-0.4, -0.2) is 63.6 Å². The number of aliphatic hydroxyl groups is 2. The maximum absolute atomic E-state index is 11.1. The van der Waals surface area contributed by atoms with E-state index >= 15 is 0 Å². The molecule has 6 heteroatoms. The largest absolute Gasteiger partial charge is 0.441 e. The van der Waals surface area contributed by atoms with Gasteiger partial charge < -0.3 is 24.3 Å². The zero-order valence-electron chi connectivity index (χ0n) is 20.9. The van der Waals surface area contributed by atoms with E-state index in [0.29, 0.717) is 18.2 Å². The summed E-state index contributed by atoms with van der Waals surface area (Å²) in [5.41, 5.74) is 5.52. The number of aryl methyl sites for hydroxylation is 1. The molecule has 184 valence electrons. The van der Waals surface area contributed by atoms with Crippen LogP contribution < -0.4 is 0 Å². The van der Waals surface area contributed by atoms with Crippen LogP contribution in [0.1, 0.15) is 50.5 Å². The van der Waals surface area contributed by atoms with Crippen molar-refractivity contribution in [3.8, 4) is 0 Å². The molecule has 2 bridgehead atoms. The topological polar surface area (TPSA) is 79.0 Å². The van der Waals surface area contributed by atoms with Crippen LogP contribution in [-0.2, 0) is 4.74 Å². The number of allylic oxidation sites excluding steroid dienone is 3. The molecule has 3 heterocycles. The lowest BCUT2D eigenvalue weighted by Gasteiger charge is -2.55. The molecule has 2 aliphatic heterocycles. The van der Waals surface area contributed by atoms with Crippen molar-refractivity contribution in [2.75, 3.05) is 14.1 Å². The number of hydrogen-bond donors (Lipinski definition) is 2. The highest BCUT2D eigenvalue weighted by Gasteiger charge is 2.67. The average molecular weight is 475 g/mol. The molecule has 0 radical (unpaired) electrons. The van der Waals surface area contributed by atoms with Gasteiger partial charge in [-0.05, 0) is 80.6 Å². The molecule has 1 unspecified atom stereocenters. The summed E-state index contributed by atoms with van der Waals surface area (Å²) in [6, 6.07) is 6.24. The first kappa shape index (κ1) is 22.0. The van der Waals surface area contributed by atoms with Gasteiger partial charge in [0.15, 0.2) is 11.5 Å². The number of nitrogens with zero attached hydrogens (tertiary/aromatic N) is 2. The zero-order chi connectivity index (χ0) is 24.3. The molecule has 7 rings (SSSR count). The fourth-order valence-corrected chi connectivity index (χ4v) is 8.16. The maximum Gasteiger partial charge on any atom is 0.192 e. The van der Waals surface area contributed by atoms with Gasteiger partial charge in [0.2, 0.25) is 0 Å². The number of likely N-dealkylation sites (N-methyl/N-ethyl adjacent to an activating group) is 1. The third-order valence-electron chi connectivity index (χ3n) is 9.90. The Balaban J connectivity index is 1.30. The van der Waals surface area contributed by atoms with Gasteiger partial charge in [-0.15, -0.1) is 0 Å². The van der Waals surface area contributed by atoms with E-state index in [2.05, 4.69) is 42.3 Å². The van der Waals surface area contributed by atoms with E-state index in [4.69, 9.17) is 9.15 Å². The van der Waals surface area contributed by atoms with Crippen molar-refractivity contribution in [3.63, 3.8) is 0 Å². The fraction of sp³-hybridized carbons (Fsp3) is 0.552. The van der Waals surface area contributed by atoms with Crippen molar-refractivity contribution in [1.82, 2.24) is 9.88 Å². The molecule has 6 nitrogen and oxygen atoms in total. The molecule has 2 aromatic rings. The van der Waals surface area contributed by atoms with E-state index in [9.17, 15) is 10.2 Å². The minimum Gasteiger partial charge on any atom is -0.441 e. The number of rotatable bonds is 2. The van der Waals surface area contributed by atoms with Crippen LogP contribution in [0.2, 0.25) is 0 Å². The lowest BCUT2D eigenvalue weighted by Crippen LogP contribution is -2.61. The maximum atomic E-state index is 11.1. The van der Waals surface area contributed by atoms with Gasteiger partial charge in [-0.2, -0.15) is 0 Å². The van der Waals surface area contributed by atoms with Crippen molar-refractivity contribution >= 4 is 16.7 Å². The van der Waals surface area contributed by atoms with Crippen molar-refractivity contribution in [2.24, 2.45) is 11.3 Å². The lowest BCUT2D eigenvalue weighted by atomic mass is 9.58. The SMILES string of the molecule is Cc1nc2cc(C3=CCC4[C@]3(C)CC=C3C=C5[C@@H](O)[C@H](O)[C@@H](N(C)C)C[C@]56CC[C@@]34O6)ccc2o1. The van der Waals surface area contributed by atoms with Gasteiger partial charge >= 0.3 is 0 Å². The van der Waals surface area contributed by atoms with Crippen LogP contribution in [0.25, 0.3) is 16.7 Å². The van der Waals surface area contributed by atoms with Crippen molar-refractivity contribution in [1.29, 1.82) is 0 Å². The third kappa shape index (κ3) is 2.71. The van der Waals surface area contributed by atoms with E-state index in [0.717, 1.165) is 42.4 Å². The average Bonchev–Trinajstić information content (AvgIpc) is 3.47. The second-order valence-electron chi connectivity index (χ2n) is 11.9. The first-order valence-electron chi connectivity index (χ1n) is 12.9. The van der Waals surface area contributed by atoms with Crippen LogP contribution in [0.5, 0.6) is 0 Å². The van der Waals surface area contributed by atoms with Gasteiger partial charge in [-0.3, -0.25) is 0 Å². The van der Waals surface area contributed by atoms with Crippen LogP contribution in [0.3, 0.4) is 0 Å². The van der Waals surface area contributed by atoms with Crippen LogP contribution in [0.4, 0.5) is 0 Å². The standard InChI is InChI=1S/C29H34N2O4/c1-16-30-21-13-17(5-7-23(21)34-16)19-6-8-24-27(19,2)10-9-18-14-20-25(32)26(33)22(31(3)4)15-28(20)11-12-29(18,24)35-28/h5-7,9,13-14,22,24-26,32-33H,8,10-12,15H2,1-4H3/t22-,24?,25+,26+,27+,28+,29+/m0/s1. The van der Waals surface area contributed by atoms with Crippen LogP contribution in [0, 0.1) is 18.3 Å². The normalized spacial score (nSPS) is 41.9. The van der Waals surface area contributed by atoms with Gasteiger partial charge in [-0.25, -0.2) is 4.98 Å². The molecule has 1 aromatic heterocycles. The Morgan fingerprint density at radius 3 is 2.77 bits per heavy atom. The predicted octanol–water partition coefficient (Wildman–Crippen LogP) is 4.16. The van der Waals surface area contributed by atoms with Gasteiger partial charge in [0.05, 0.1) is 17.3 Å². The Morgan fingerprint density at radius 1 is 1.14 bits per heavy atom. The summed E-state index contributed by atoms with van der Waals surface area (Å²) in [5.74, 6) is 1.02. The summed E-state index contributed by atoms with van der Waals surface area (Å²) in [5, 5.41) is 22.0. The molecule has 3 aliphatic carbocycles. The quantitative estimate of drug-likeness (QED) is 0.681. The molecule has 7 atom stereocenters. The smallest absolute Gasteiger partial charge is 0.192 e. The highest BCUT2D eigenvalue weighted by Crippen LogP contribution is 2.67. The van der Waals surface area contributed by atoms with Gasteiger partial charge in [0.1, 0.15) is 11.6 Å². The van der Waals surface area contributed by atoms with Crippen molar-refractivity contribution in [3.05, 3.63) is 59.0 Å². The second kappa shape index (κ2) is 6.94. The van der Waals surface area contributed by atoms with E-state index in [1.807, 2.05) is 32.0 Å². The number of hydrogen-bond acceptors (Lipinski definition) is 6. The summed E-state index contributed by atoms with van der Waals surface area (Å²) >= 11 is 0. The summed E-state index contributed by atoms with van der Waals surface area (Å²) < 4.78 is 12.9. The number of ether oxygens (including phenoxy) is 1. The van der Waals surface area contributed by atoms with E-state index < -0.39 is 17.8 Å². The Hall–Kier alpha value is -2.25. The molecular weight excluding hydrogens is 440 g/mol. The summed E-state index contributed by atoms with van der Waals surface area (Å²) in [7, 11) is 3.95. The number of aliphatic hydroxyl groups excluding tert-OH is 2. The number of fused-ring (bicyclic) bond motifs is 2. The molecular formula is C29H34N2O4. The third-order valence-corrected chi connectivity index (χ3v) is 9.90. The number of oxazole rings is 1. The number of aromatic nitrogens is 1. The number of benzene rings is 1. The van der Waals surface area contributed by atoms with Gasteiger partial charge in [0, 0.05) is 24.3 Å². The van der Waals surface area contributed by atoms with E-state index in [1.165, 1.54) is 16.7 Å². The second-order valence-corrected chi connectivity index (χ2v) is 11.9. The minimum absolute atomic E-state index is 0.0411. The molecule has 1 aromatic carbocycles. The predicted molar refractivity (Wildman–Crippen MR) is 134 cm³/mol. The highest BCUT2D eigenvalue weighted by atomic mass is 16.5. The monoisotopic (exact) mass is 474 g/mol. The minimum atomic E-state index is -0.892. The summed E-state index contributed by atoms with van der Waals surface area (Å²) in [6.07, 6.45) is 9.70. The molecule has 1 saturated carbocycles. The van der Waals surface area contributed by atoms with Crippen molar-refractivity contribution < 1.29 is 19.4 Å². The molecule has 1 saturated heterocycles. The Bertz CT molecular complexity index is 1340. The highest BCUT2D eigenvalue weighted by molar-refractivity contribution is 5.82. The van der Waals surface area contributed by atoms with Gasteiger partial charge in [0.25, 0.3) is 0 Å². The Labute approximate surface area is 206 Å². The fourth-order valence-electron chi connectivity index (χ4n) is 8.16. The first-order chi connectivity index (χ1) is 16.7. The summed E-state index contributed by atoms with van der Waals surface area (Å²) in [4.78, 5) is 6.60. The van der Waals surface area contributed by atoms with E-state index in [-0.39, 0.29) is 17.1 Å². The molecule has 2 N–H and O–H groups in total. The molecule has 2 fully saturated rings. The van der Waals surface area contributed by atoms with Crippen LogP contribution in [0.15, 0.2) is 52.0 Å². The Kier molecular flexibility index (Phi) is 4.36. The summed E-state index contributed by atoms with van der Waals surface area (Å²) in [6.45, 7) is 4.28. The lowest BCUT2D eigenvalue weighted by molar-refractivity contribution is -0.161. The van der Waals surface area contributed by atoms with Crippen LogP contribution >= 0.6 is 0 Å². The van der Waals surface area contributed by atoms with Gasteiger partial charge in [-0.1, -0.05) is 31.2 Å². The first-order valence-corrected chi connectivity index (χ1v) is 12.9. The molecule has 2 spiro atoms. The zero-order valence-corrected chi connectivity index (χ0v) is 20.9. The van der Waals surface area contributed by atoms with Crippen molar-refractivity contribution in [2.45, 2.75) is 75.4 Å². The molecule has 0 amide bonds. The molecule has 5 aliphatic rings. The molecule has 35 heavy (non-hydrogen) atoms.